The summed E-state index contributed by atoms with van der Waals surface area (Å²) in [6.07, 6.45) is 1.49. The summed E-state index contributed by atoms with van der Waals surface area (Å²) in [7, 11) is 3.14. The minimum absolute atomic E-state index is 0.0233. The summed E-state index contributed by atoms with van der Waals surface area (Å²) < 4.78 is 5.27. The standard InChI is InChI=1S/C19H20N4O5/c1-10(13-8-5-9-28-13)20-14-15(18(26)22-17(14)25)21-12-7-4-6-11(16(12)24)19(27)23(2)3/h4-9,21-22,24-26H,1-3H3. The largest absolute Gasteiger partial charge is 0.505 e. The summed E-state index contributed by atoms with van der Waals surface area (Å²) in [5, 5.41) is 33.5. The molecule has 0 bridgehead atoms. The average Bonchev–Trinajstić information content (AvgIpc) is 3.27. The van der Waals surface area contributed by atoms with Crippen molar-refractivity contribution in [3.8, 4) is 17.5 Å². The number of rotatable bonds is 5. The number of aromatic amines is 1. The summed E-state index contributed by atoms with van der Waals surface area (Å²) in [5.74, 6) is -0.932. The molecular weight excluding hydrogens is 364 g/mol. The van der Waals surface area contributed by atoms with Crippen molar-refractivity contribution in [2.75, 3.05) is 19.4 Å². The third-order valence-corrected chi connectivity index (χ3v) is 4.02. The molecule has 5 N–H and O–H groups in total. The van der Waals surface area contributed by atoms with Crippen LogP contribution in [-0.4, -0.2) is 50.9 Å². The van der Waals surface area contributed by atoms with Crippen molar-refractivity contribution >= 4 is 28.7 Å². The molecule has 0 atom stereocenters. The molecule has 3 aromatic rings. The maximum absolute atomic E-state index is 12.2. The number of H-pyrrole nitrogens is 1. The molecule has 0 unspecified atom stereocenters. The van der Waals surface area contributed by atoms with Gasteiger partial charge in [-0.3, -0.25) is 9.78 Å². The van der Waals surface area contributed by atoms with Crippen LogP contribution in [0.4, 0.5) is 17.1 Å². The van der Waals surface area contributed by atoms with E-state index in [0.29, 0.717) is 11.5 Å². The molecule has 9 nitrogen and oxygen atoms in total. The molecule has 3 rings (SSSR count). The molecule has 0 aliphatic carbocycles. The van der Waals surface area contributed by atoms with Crippen LogP contribution in [0.25, 0.3) is 0 Å². The Morgan fingerprint density at radius 3 is 2.54 bits per heavy atom. The van der Waals surface area contributed by atoms with E-state index >= 15 is 0 Å². The number of carbonyl (C=O) groups is 1. The van der Waals surface area contributed by atoms with Crippen LogP contribution in [0.1, 0.15) is 23.0 Å². The van der Waals surface area contributed by atoms with Crippen LogP contribution in [0, 0.1) is 0 Å². The number of amides is 1. The summed E-state index contributed by atoms with van der Waals surface area (Å²) in [6.45, 7) is 1.68. The quantitative estimate of drug-likeness (QED) is 0.338. The maximum atomic E-state index is 12.2. The summed E-state index contributed by atoms with van der Waals surface area (Å²) in [5.41, 5.74) is 0.770. The van der Waals surface area contributed by atoms with Crippen LogP contribution >= 0.6 is 0 Å². The fourth-order valence-electron chi connectivity index (χ4n) is 2.59. The number of phenolic OH excluding ortho intramolecular Hbond substituents is 1. The van der Waals surface area contributed by atoms with E-state index in [0.717, 1.165) is 0 Å². The van der Waals surface area contributed by atoms with Crippen LogP contribution in [0.2, 0.25) is 0 Å². The number of hydrogen-bond donors (Lipinski definition) is 5. The van der Waals surface area contributed by atoms with E-state index in [4.69, 9.17) is 4.42 Å². The molecule has 0 fully saturated rings. The van der Waals surface area contributed by atoms with Crippen LogP contribution in [0.15, 0.2) is 46.0 Å². The highest BCUT2D eigenvalue weighted by Gasteiger charge is 2.21. The zero-order valence-electron chi connectivity index (χ0n) is 15.5. The molecule has 0 saturated heterocycles. The molecule has 28 heavy (non-hydrogen) atoms. The summed E-state index contributed by atoms with van der Waals surface area (Å²) >= 11 is 0. The number of aromatic hydroxyl groups is 3. The molecule has 2 heterocycles. The Morgan fingerprint density at radius 2 is 1.89 bits per heavy atom. The number of benzene rings is 1. The monoisotopic (exact) mass is 384 g/mol. The highest BCUT2D eigenvalue weighted by Crippen LogP contribution is 2.45. The molecule has 0 radical (unpaired) electrons. The number of furan rings is 1. The zero-order valence-corrected chi connectivity index (χ0v) is 15.5. The summed E-state index contributed by atoms with van der Waals surface area (Å²) in [6, 6.07) is 8.00. The first-order chi connectivity index (χ1) is 13.3. The first-order valence-electron chi connectivity index (χ1n) is 8.33. The first kappa shape index (κ1) is 18.9. The first-order valence-corrected chi connectivity index (χ1v) is 8.33. The van der Waals surface area contributed by atoms with Crippen molar-refractivity contribution in [2.24, 2.45) is 4.99 Å². The van der Waals surface area contributed by atoms with E-state index in [1.165, 1.54) is 23.3 Å². The minimum atomic E-state index is -0.382. The van der Waals surface area contributed by atoms with Gasteiger partial charge in [0.25, 0.3) is 5.91 Å². The van der Waals surface area contributed by atoms with Crippen molar-refractivity contribution in [3.05, 3.63) is 47.9 Å². The SMILES string of the molecule is CC(=Nc1c(O)[nH]c(O)c1Nc1cccc(C(=O)N(C)C)c1O)c1ccco1. The van der Waals surface area contributed by atoms with Crippen molar-refractivity contribution in [1.82, 2.24) is 9.88 Å². The highest BCUT2D eigenvalue weighted by molar-refractivity contribution is 6.01. The number of aromatic nitrogens is 1. The van der Waals surface area contributed by atoms with Gasteiger partial charge in [0, 0.05) is 14.1 Å². The van der Waals surface area contributed by atoms with Gasteiger partial charge in [-0.05, 0) is 31.2 Å². The Morgan fingerprint density at radius 1 is 1.14 bits per heavy atom. The maximum Gasteiger partial charge on any atom is 0.257 e. The lowest BCUT2D eigenvalue weighted by atomic mass is 10.1. The molecule has 2 aromatic heterocycles. The Bertz CT molecular complexity index is 1040. The number of anilines is 2. The van der Waals surface area contributed by atoms with E-state index in [2.05, 4.69) is 15.3 Å². The molecule has 1 aromatic carbocycles. The zero-order chi connectivity index (χ0) is 20.4. The number of carbonyl (C=O) groups excluding carboxylic acids is 1. The lowest BCUT2D eigenvalue weighted by Crippen LogP contribution is -2.21. The average molecular weight is 384 g/mol. The second-order valence-corrected chi connectivity index (χ2v) is 6.25. The smallest absolute Gasteiger partial charge is 0.257 e. The lowest BCUT2D eigenvalue weighted by Gasteiger charge is -2.14. The van der Waals surface area contributed by atoms with Gasteiger partial charge in [-0.2, -0.15) is 0 Å². The topological polar surface area (TPSA) is 134 Å². The number of nitrogens with zero attached hydrogens (tertiary/aromatic N) is 2. The number of hydrogen-bond acceptors (Lipinski definition) is 7. The van der Waals surface area contributed by atoms with Crippen LogP contribution < -0.4 is 5.32 Å². The minimum Gasteiger partial charge on any atom is -0.505 e. The Kier molecular flexibility index (Phi) is 4.99. The van der Waals surface area contributed by atoms with E-state index in [1.54, 1.807) is 39.2 Å². The molecular formula is C19H20N4O5. The van der Waals surface area contributed by atoms with E-state index in [9.17, 15) is 20.1 Å². The van der Waals surface area contributed by atoms with Gasteiger partial charge in [0.05, 0.1) is 23.2 Å². The van der Waals surface area contributed by atoms with Crippen molar-refractivity contribution in [1.29, 1.82) is 0 Å². The van der Waals surface area contributed by atoms with Gasteiger partial charge in [0.15, 0.2) is 11.4 Å². The van der Waals surface area contributed by atoms with Crippen molar-refractivity contribution < 1.29 is 24.5 Å². The number of aliphatic imine (C=N–C) groups is 1. The van der Waals surface area contributed by atoms with E-state index < -0.39 is 0 Å². The van der Waals surface area contributed by atoms with E-state index in [-0.39, 0.29) is 46.0 Å². The predicted octanol–water partition coefficient (Wildman–Crippen LogP) is 3.31. The van der Waals surface area contributed by atoms with Gasteiger partial charge >= 0.3 is 0 Å². The van der Waals surface area contributed by atoms with Gasteiger partial charge in [-0.25, -0.2) is 4.99 Å². The summed E-state index contributed by atoms with van der Waals surface area (Å²) in [4.78, 5) is 20.2. The van der Waals surface area contributed by atoms with Gasteiger partial charge in [0.2, 0.25) is 11.8 Å². The lowest BCUT2D eigenvalue weighted by molar-refractivity contribution is 0.0824. The molecule has 146 valence electrons. The number of phenols is 1. The van der Waals surface area contributed by atoms with Crippen molar-refractivity contribution in [3.63, 3.8) is 0 Å². The molecule has 1 amide bonds. The van der Waals surface area contributed by atoms with Gasteiger partial charge < -0.3 is 30.0 Å². The fraction of sp³-hybridized carbons (Fsp3) is 0.158. The molecule has 0 spiro atoms. The number of para-hydroxylation sites is 1. The Labute approximate surface area is 160 Å². The second kappa shape index (κ2) is 7.39. The van der Waals surface area contributed by atoms with Gasteiger partial charge in [0.1, 0.15) is 11.4 Å². The molecule has 0 aliphatic rings. The van der Waals surface area contributed by atoms with Crippen LogP contribution in [0.3, 0.4) is 0 Å². The van der Waals surface area contributed by atoms with Crippen molar-refractivity contribution in [2.45, 2.75) is 6.92 Å². The molecule has 9 heteroatoms. The fourth-order valence-corrected chi connectivity index (χ4v) is 2.59. The normalized spacial score (nSPS) is 11.5. The molecule has 0 saturated carbocycles. The third-order valence-electron chi connectivity index (χ3n) is 4.02. The van der Waals surface area contributed by atoms with Gasteiger partial charge in [-0.1, -0.05) is 6.07 Å². The second-order valence-electron chi connectivity index (χ2n) is 6.25. The Balaban J connectivity index is 2.02. The molecule has 0 aliphatic heterocycles. The van der Waals surface area contributed by atoms with E-state index in [1.807, 2.05) is 0 Å². The third kappa shape index (κ3) is 3.50. The van der Waals surface area contributed by atoms with Crippen LogP contribution in [-0.2, 0) is 0 Å². The van der Waals surface area contributed by atoms with Crippen LogP contribution in [0.5, 0.6) is 17.5 Å². The number of nitrogens with one attached hydrogen (secondary N) is 2. The van der Waals surface area contributed by atoms with Gasteiger partial charge in [-0.15, -0.1) is 0 Å². The highest BCUT2D eigenvalue weighted by atomic mass is 16.3. The Hall–Kier alpha value is -3.88. The predicted molar refractivity (Wildman–Crippen MR) is 104 cm³/mol.